The number of carbonyl (C=O) groups excluding carboxylic acids is 1. The maximum atomic E-state index is 12.9. The Hall–Kier alpha value is -3.69. The molecule has 174 valence electrons. The largest absolute Gasteiger partial charge is 0.497 e. The molecule has 2 atom stereocenters. The third-order valence-electron chi connectivity index (χ3n) is 5.58. The van der Waals surface area contributed by atoms with Crippen LogP contribution in [0, 0.1) is 0 Å². The first-order valence-corrected chi connectivity index (χ1v) is 10.1. The van der Waals surface area contributed by atoms with Gasteiger partial charge >= 0.3 is 5.97 Å². The van der Waals surface area contributed by atoms with Crippen LogP contribution in [0.2, 0.25) is 0 Å². The van der Waals surface area contributed by atoms with Crippen LogP contribution < -0.4 is 18.9 Å². The molecule has 4 rings (SSSR count). The second-order valence-electron chi connectivity index (χ2n) is 7.27. The first kappa shape index (κ1) is 22.5. The van der Waals surface area contributed by atoms with Gasteiger partial charge in [0.15, 0.2) is 17.6 Å². The van der Waals surface area contributed by atoms with E-state index in [1.54, 1.807) is 42.5 Å². The minimum absolute atomic E-state index is 0.0842. The highest BCUT2D eigenvalue weighted by atomic mass is 17.2. The highest BCUT2D eigenvalue weighted by Gasteiger charge is 2.50. The maximum absolute atomic E-state index is 12.9. The van der Waals surface area contributed by atoms with E-state index in [1.807, 2.05) is 0 Å². The summed E-state index contributed by atoms with van der Waals surface area (Å²) in [5.74, 6) is -0.904. The Morgan fingerprint density at radius 3 is 2.24 bits per heavy atom. The lowest BCUT2D eigenvalue weighted by atomic mass is 9.88. The van der Waals surface area contributed by atoms with Gasteiger partial charge in [-0.15, -0.1) is 0 Å². The standard InChI is InChI=1S/C24H24O9/c1-27-16-8-6-15(7-9-16)24(26)17(20(23(25)32-24)18-11-12-31-33-18)13-14-5-10-19(28-2)22(30-4)21(14)29-3/h5-12,18,26H,13H2,1-4H3. The van der Waals surface area contributed by atoms with E-state index in [-0.39, 0.29) is 17.6 Å². The highest BCUT2D eigenvalue weighted by Crippen LogP contribution is 2.47. The van der Waals surface area contributed by atoms with Crippen molar-refractivity contribution in [2.75, 3.05) is 28.4 Å². The van der Waals surface area contributed by atoms with Crippen molar-refractivity contribution in [3.63, 3.8) is 0 Å². The van der Waals surface area contributed by atoms with Crippen molar-refractivity contribution >= 4 is 5.97 Å². The summed E-state index contributed by atoms with van der Waals surface area (Å²) < 4.78 is 27.1. The number of rotatable bonds is 8. The molecule has 0 fully saturated rings. The Morgan fingerprint density at radius 2 is 1.67 bits per heavy atom. The van der Waals surface area contributed by atoms with Gasteiger partial charge in [-0.1, -0.05) is 6.07 Å². The number of carbonyl (C=O) groups is 1. The highest BCUT2D eigenvalue weighted by molar-refractivity contribution is 5.94. The first-order chi connectivity index (χ1) is 16.0. The Balaban J connectivity index is 1.86. The van der Waals surface area contributed by atoms with Gasteiger partial charge in [0.2, 0.25) is 5.75 Å². The van der Waals surface area contributed by atoms with E-state index < -0.39 is 17.9 Å². The van der Waals surface area contributed by atoms with Gasteiger partial charge in [-0.05, 0) is 36.4 Å². The zero-order valence-electron chi connectivity index (χ0n) is 18.6. The quantitative estimate of drug-likeness (QED) is 0.475. The van der Waals surface area contributed by atoms with E-state index in [4.69, 9.17) is 33.5 Å². The fraction of sp³-hybridized carbons (Fsp3) is 0.292. The number of ether oxygens (including phenoxy) is 5. The Bertz CT molecular complexity index is 1100. The van der Waals surface area contributed by atoms with E-state index in [2.05, 4.69) is 0 Å². The third kappa shape index (κ3) is 3.85. The molecule has 0 radical (unpaired) electrons. The fourth-order valence-corrected chi connectivity index (χ4v) is 3.97. The predicted octanol–water partition coefficient (Wildman–Crippen LogP) is 2.81. The third-order valence-corrected chi connectivity index (χ3v) is 5.58. The second-order valence-corrected chi connectivity index (χ2v) is 7.27. The lowest BCUT2D eigenvalue weighted by molar-refractivity contribution is -0.244. The maximum Gasteiger partial charge on any atom is 0.340 e. The van der Waals surface area contributed by atoms with Gasteiger partial charge in [-0.3, -0.25) is 0 Å². The van der Waals surface area contributed by atoms with Gasteiger partial charge in [0.05, 0.1) is 34.0 Å². The van der Waals surface area contributed by atoms with Crippen LogP contribution in [0.5, 0.6) is 23.0 Å². The summed E-state index contributed by atoms with van der Waals surface area (Å²) >= 11 is 0. The summed E-state index contributed by atoms with van der Waals surface area (Å²) in [4.78, 5) is 23.0. The molecule has 2 unspecified atom stereocenters. The van der Waals surface area contributed by atoms with E-state index in [1.165, 1.54) is 34.7 Å². The van der Waals surface area contributed by atoms with Crippen molar-refractivity contribution in [1.29, 1.82) is 0 Å². The van der Waals surface area contributed by atoms with Crippen LogP contribution in [0.15, 0.2) is 59.9 Å². The normalized spacial score (nSPS) is 21.6. The van der Waals surface area contributed by atoms with Crippen LogP contribution in [0.4, 0.5) is 0 Å². The van der Waals surface area contributed by atoms with Crippen molar-refractivity contribution in [2.24, 2.45) is 0 Å². The number of hydrogen-bond acceptors (Lipinski definition) is 9. The minimum atomic E-state index is -2.04. The van der Waals surface area contributed by atoms with Crippen molar-refractivity contribution in [2.45, 2.75) is 18.3 Å². The van der Waals surface area contributed by atoms with Crippen LogP contribution >= 0.6 is 0 Å². The predicted molar refractivity (Wildman–Crippen MR) is 115 cm³/mol. The van der Waals surface area contributed by atoms with E-state index in [0.717, 1.165) is 0 Å². The van der Waals surface area contributed by atoms with Gasteiger partial charge in [-0.25, -0.2) is 4.79 Å². The topological polar surface area (TPSA) is 102 Å². The van der Waals surface area contributed by atoms with Crippen LogP contribution in [-0.2, 0) is 31.5 Å². The molecule has 2 aliphatic heterocycles. The molecule has 0 aliphatic carbocycles. The van der Waals surface area contributed by atoms with Gasteiger partial charge in [0.1, 0.15) is 12.0 Å². The number of aliphatic hydroxyl groups is 1. The summed E-state index contributed by atoms with van der Waals surface area (Å²) in [6.45, 7) is 0. The smallest absolute Gasteiger partial charge is 0.340 e. The van der Waals surface area contributed by atoms with Crippen molar-refractivity contribution in [3.8, 4) is 23.0 Å². The second kappa shape index (κ2) is 9.05. The molecule has 0 saturated carbocycles. The lowest BCUT2D eigenvalue weighted by Gasteiger charge is -2.26. The molecular formula is C24H24O9. The molecule has 9 heteroatoms. The number of methoxy groups -OCH3 is 4. The molecule has 9 nitrogen and oxygen atoms in total. The molecule has 2 heterocycles. The Labute approximate surface area is 190 Å². The first-order valence-electron chi connectivity index (χ1n) is 10.1. The summed E-state index contributed by atoms with van der Waals surface area (Å²) in [5, 5.41) is 11.7. The van der Waals surface area contributed by atoms with Crippen LogP contribution in [0.1, 0.15) is 11.1 Å². The molecule has 0 amide bonds. The molecular weight excluding hydrogens is 432 g/mol. The molecule has 0 saturated heterocycles. The number of esters is 1. The number of hydrogen-bond donors (Lipinski definition) is 1. The molecule has 2 aromatic rings. The van der Waals surface area contributed by atoms with E-state index in [9.17, 15) is 9.90 Å². The SMILES string of the molecule is COc1ccc(C2(O)OC(=O)C(C3C=COO3)=C2Cc2ccc(OC)c(OC)c2OC)cc1. The van der Waals surface area contributed by atoms with E-state index >= 15 is 0 Å². The summed E-state index contributed by atoms with van der Waals surface area (Å²) in [6, 6.07) is 10.1. The average molecular weight is 456 g/mol. The zero-order valence-corrected chi connectivity index (χ0v) is 18.6. The van der Waals surface area contributed by atoms with Crippen molar-refractivity contribution in [1.82, 2.24) is 0 Å². The number of cyclic esters (lactones) is 1. The van der Waals surface area contributed by atoms with Gasteiger partial charge in [0, 0.05) is 23.1 Å². The van der Waals surface area contributed by atoms with Crippen molar-refractivity contribution < 1.29 is 43.4 Å². The van der Waals surface area contributed by atoms with Gasteiger partial charge < -0.3 is 33.7 Å². The summed E-state index contributed by atoms with van der Waals surface area (Å²) in [5.41, 5.74) is 1.40. The molecule has 2 aromatic carbocycles. The lowest BCUT2D eigenvalue weighted by Crippen LogP contribution is -2.29. The monoisotopic (exact) mass is 456 g/mol. The average Bonchev–Trinajstić information content (AvgIpc) is 3.45. The summed E-state index contributed by atoms with van der Waals surface area (Å²) in [7, 11) is 6.06. The molecule has 1 N–H and O–H groups in total. The van der Waals surface area contributed by atoms with Crippen LogP contribution in [0.25, 0.3) is 0 Å². The van der Waals surface area contributed by atoms with E-state index in [0.29, 0.717) is 34.1 Å². The molecule has 0 bridgehead atoms. The van der Waals surface area contributed by atoms with Crippen LogP contribution in [0.3, 0.4) is 0 Å². The molecule has 33 heavy (non-hydrogen) atoms. The van der Waals surface area contributed by atoms with Crippen LogP contribution in [-0.4, -0.2) is 45.6 Å². The molecule has 0 spiro atoms. The molecule has 0 aromatic heterocycles. The van der Waals surface area contributed by atoms with Gasteiger partial charge in [-0.2, -0.15) is 4.89 Å². The van der Waals surface area contributed by atoms with Crippen molar-refractivity contribution in [3.05, 3.63) is 71.0 Å². The summed E-state index contributed by atoms with van der Waals surface area (Å²) in [6.07, 6.45) is 2.12. The minimum Gasteiger partial charge on any atom is -0.497 e. The molecule has 2 aliphatic rings. The Morgan fingerprint density at radius 1 is 0.939 bits per heavy atom. The zero-order chi connectivity index (χ0) is 23.6. The van der Waals surface area contributed by atoms with Gasteiger partial charge in [0.25, 0.3) is 5.79 Å². The Kier molecular flexibility index (Phi) is 6.17. The number of benzene rings is 2. The fourth-order valence-electron chi connectivity index (χ4n) is 3.97.